The second-order valence-corrected chi connectivity index (χ2v) is 4.81. The SMILES string of the molecule is O=C(O)CC(NC(=O)c1ccsc1)C1CC1. The van der Waals surface area contributed by atoms with Crippen LogP contribution in [0.2, 0.25) is 0 Å². The van der Waals surface area contributed by atoms with Gasteiger partial charge in [0.15, 0.2) is 0 Å². The fourth-order valence-corrected chi connectivity index (χ4v) is 2.30. The van der Waals surface area contributed by atoms with Crippen LogP contribution in [0.25, 0.3) is 0 Å². The zero-order chi connectivity index (χ0) is 11.5. The Labute approximate surface area is 97.3 Å². The number of thiophene rings is 1. The molecule has 1 heterocycles. The third-order valence-electron chi connectivity index (χ3n) is 2.69. The van der Waals surface area contributed by atoms with Crippen LogP contribution < -0.4 is 5.32 Å². The lowest BCUT2D eigenvalue weighted by Gasteiger charge is -2.15. The molecule has 1 aliphatic carbocycles. The number of hydrogen-bond donors (Lipinski definition) is 2. The first-order valence-electron chi connectivity index (χ1n) is 5.21. The largest absolute Gasteiger partial charge is 0.481 e. The molecule has 16 heavy (non-hydrogen) atoms. The Morgan fingerprint density at radius 2 is 2.31 bits per heavy atom. The topological polar surface area (TPSA) is 66.4 Å². The van der Waals surface area contributed by atoms with Crippen molar-refractivity contribution < 1.29 is 14.7 Å². The molecule has 1 unspecified atom stereocenters. The first kappa shape index (κ1) is 11.1. The van der Waals surface area contributed by atoms with Crippen LogP contribution in [0.5, 0.6) is 0 Å². The lowest BCUT2D eigenvalue weighted by molar-refractivity contribution is -0.137. The average molecular weight is 239 g/mol. The predicted molar refractivity (Wildman–Crippen MR) is 60.6 cm³/mol. The van der Waals surface area contributed by atoms with E-state index in [0.29, 0.717) is 11.5 Å². The second-order valence-electron chi connectivity index (χ2n) is 4.03. The lowest BCUT2D eigenvalue weighted by Crippen LogP contribution is -2.37. The predicted octanol–water partition coefficient (Wildman–Crippen LogP) is 1.73. The van der Waals surface area contributed by atoms with Crippen LogP contribution in [0.4, 0.5) is 0 Å². The van der Waals surface area contributed by atoms with Crippen LogP contribution in [0.1, 0.15) is 29.6 Å². The molecule has 4 nitrogen and oxygen atoms in total. The smallest absolute Gasteiger partial charge is 0.305 e. The average Bonchev–Trinajstić information content (AvgIpc) is 2.91. The molecular weight excluding hydrogens is 226 g/mol. The van der Waals surface area contributed by atoms with Crippen LogP contribution in [-0.2, 0) is 4.79 Å². The summed E-state index contributed by atoms with van der Waals surface area (Å²) in [5.74, 6) is -0.680. The highest BCUT2D eigenvalue weighted by molar-refractivity contribution is 7.08. The molecule has 1 amide bonds. The van der Waals surface area contributed by atoms with Crippen molar-refractivity contribution in [3.63, 3.8) is 0 Å². The molecule has 5 heteroatoms. The highest BCUT2D eigenvalue weighted by Crippen LogP contribution is 2.34. The molecule has 1 atom stereocenters. The van der Waals surface area contributed by atoms with Gasteiger partial charge in [-0.1, -0.05) is 0 Å². The minimum absolute atomic E-state index is 0.0144. The van der Waals surface area contributed by atoms with Gasteiger partial charge in [-0.05, 0) is 30.2 Å². The number of carboxylic acids is 1. The van der Waals surface area contributed by atoms with Crippen LogP contribution >= 0.6 is 11.3 Å². The summed E-state index contributed by atoms with van der Waals surface area (Å²) in [5.41, 5.74) is 0.612. The summed E-state index contributed by atoms with van der Waals surface area (Å²) in [4.78, 5) is 22.4. The first-order valence-corrected chi connectivity index (χ1v) is 6.16. The molecule has 0 aliphatic heterocycles. The number of hydrogen-bond acceptors (Lipinski definition) is 3. The van der Waals surface area contributed by atoms with Gasteiger partial charge in [-0.15, -0.1) is 0 Å². The highest BCUT2D eigenvalue weighted by atomic mass is 32.1. The third-order valence-corrected chi connectivity index (χ3v) is 3.37. The zero-order valence-corrected chi connectivity index (χ0v) is 9.50. The van der Waals surface area contributed by atoms with E-state index in [0.717, 1.165) is 12.8 Å². The van der Waals surface area contributed by atoms with Crippen LogP contribution in [0.15, 0.2) is 16.8 Å². The summed E-state index contributed by atoms with van der Waals surface area (Å²) >= 11 is 1.46. The van der Waals surface area contributed by atoms with Crippen molar-refractivity contribution in [3.8, 4) is 0 Å². The second kappa shape index (κ2) is 4.65. The Morgan fingerprint density at radius 1 is 1.56 bits per heavy atom. The van der Waals surface area contributed by atoms with E-state index in [-0.39, 0.29) is 18.4 Å². The Bertz CT molecular complexity index is 384. The normalized spacial score (nSPS) is 16.8. The number of aliphatic carboxylic acids is 1. The summed E-state index contributed by atoms with van der Waals surface area (Å²) in [6, 6.07) is 1.52. The van der Waals surface area contributed by atoms with E-state index < -0.39 is 5.97 Å². The molecular formula is C11H13NO3S. The van der Waals surface area contributed by atoms with Gasteiger partial charge in [0.05, 0.1) is 6.42 Å². The molecule has 0 spiro atoms. The molecule has 1 aliphatic rings. The molecule has 86 valence electrons. The van der Waals surface area contributed by atoms with Crippen molar-refractivity contribution in [2.75, 3.05) is 0 Å². The highest BCUT2D eigenvalue weighted by Gasteiger charge is 2.33. The Kier molecular flexibility index (Phi) is 3.24. The maximum absolute atomic E-state index is 11.7. The molecule has 2 N–H and O–H groups in total. The van der Waals surface area contributed by atoms with E-state index in [9.17, 15) is 9.59 Å². The Hall–Kier alpha value is -1.36. The van der Waals surface area contributed by atoms with E-state index in [1.165, 1.54) is 11.3 Å². The van der Waals surface area contributed by atoms with Crippen LogP contribution in [-0.4, -0.2) is 23.0 Å². The van der Waals surface area contributed by atoms with Gasteiger partial charge < -0.3 is 10.4 Å². The van der Waals surface area contributed by atoms with E-state index >= 15 is 0 Å². The van der Waals surface area contributed by atoms with Gasteiger partial charge in [0, 0.05) is 17.0 Å². The summed E-state index contributed by atoms with van der Waals surface area (Å²) in [6.07, 6.45) is 2.05. The van der Waals surface area contributed by atoms with Crippen molar-refractivity contribution in [1.82, 2.24) is 5.32 Å². The number of carbonyl (C=O) groups is 2. The van der Waals surface area contributed by atoms with Crippen molar-refractivity contribution in [2.24, 2.45) is 5.92 Å². The quantitative estimate of drug-likeness (QED) is 0.822. The molecule has 0 bridgehead atoms. The fourth-order valence-electron chi connectivity index (χ4n) is 1.67. The number of amides is 1. The molecule has 0 saturated heterocycles. The van der Waals surface area contributed by atoms with Crippen molar-refractivity contribution in [1.29, 1.82) is 0 Å². The number of carboxylic acid groups (broad SMARTS) is 1. The summed E-state index contributed by atoms with van der Waals surface area (Å²) in [7, 11) is 0. The zero-order valence-electron chi connectivity index (χ0n) is 8.68. The van der Waals surface area contributed by atoms with Crippen LogP contribution in [0.3, 0.4) is 0 Å². The van der Waals surface area contributed by atoms with E-state index in [2.05, 4.69) is 5.32 Å². The minimum Gasteiger partial charge on any atom is -0.481 e. The number of carbonyl (C=O) groups excluding carboxylic acids is 1. The van der Waals surface area contributed by atoms with Crippen LogP contribution in [0, 0.1) is 5.92 Å². The lowest BCUT2D eigenvalue weighted by atomic mass is 10.1. The molecule has 2 rings (SSSR count). The monoisotopic (exact) mass is 239 g/mol. The van der Waals surface area contributed by atoms with Gasteiger partial charge in [0.1, 0.15) is 0 Å². The van der Waals surface area contributed by atoms with Crippen molar-refractivity contribution in [2.45, 2.75) is 25.3 Å². The van der Waals surface area contributed by atoms with E-state index in [4.69, 9.17) is 5.11 Å². The molecule has 1 aromatic heterocycles. The molecule has 0 radical (unpaired) electrons. The standard InChI is InChI=1S/C11H13NO3S/c13-10(14)5-9(7-1-2-7)12-11(15)8-3-4-16-6-8/h3-4,6-7,9H,1-2,5H2,(H,12,15)(H,13,14). The summed E-state index contributed by atoms with van der Waals surface area (Å²) in [5, 5.41) is 15.1. The van der Waals surface area contributed by atoms with Gasteiger partial charge in [-0.2, -0.15) is 11.3 Å². The van der Waals surface area contributed by atoms with Gasteiger partial charge >= 0.3 is 5.97 Å². The van der Waals surface area contributed by atoms with E-state index in [1.807, 2.05) is 5.38 Å². The maximum Gasteiger partial charge on any atom is 0.305 e. The molecule has 1 saturated carbocycles. The van der Waals surface area contributed by atoms with Gasteiger partial charge in [0.2, 0.25) is 0 Å². The molecule has 1 fully saturated rings. The number of nitrogens with one attached hydrogen (secondary N) is 1. The van der Waals surface area contributed by atoms with Gasteiger partial charge in [0.25, 0.3) is 5.91 Å². The van der Waals surface area contributed by atoms with E-state index in [1.54, 1.807) is 11.4 Å². The Balaban J connectivity index is 1.95. The van der Waals surface area contributed by atoms with Crippen molar-refractivity contribution >= 4 is 23.2 Å². The summed E-state index contributed by atoms with van der Waals surface area (Å²) in [6.45, 7) is 0. The maximum atomic E-state index is 11.7. The molecule has 0 aromatic carbocycles. The Morgan fingerprint density at radius 3 is 2.81 bits per heavy atom. The summed E-state index contributed by atoms with van der Waals surface area (Å²) < 4.78 is 0. The third kappa shape index (κ3) is 2.82. The van der Waals surface area contributed by atoms with Crippen molar-refractivity contribution in [3.05, 3.63) is 22.4 Å². The first-order chi connectivity index (χ1) is 7.66. The molecule has 1 aromatic rings. The minimum atomic E-state index is -0.859. The number of rotatable bonds is 5. The van der Waals surface area contributed by atoms with Gasteiger partial charge in [-0.3, -0.25) is 9.59 Å². The fraction of sp³-hybridized carbons (Fsp3) is 0.455. The van der Waals surface area contributed by atoms with Gasteiger partial charge in [-0.25, -0.2) is 0 Å².